The van der Waals surface area contributed by atoms with Gasteiger partial charge in [0.15, 0.2) is 0 Å². The lowest BCUT2D eigenvalue weighted by Gasteiger charge is -2.28. The maximum atomic E-state index is 12.0. The van der Waals surface area contributed by atoms with E-state index in [-0.39, 0.29) is 18.2 Å². The molecule has 1 rings (SSSR count). The Kier molecular flexibility index (Phi) is 5.62. The van der Waals surface area contributed by atoms with Crippen LogP contribution in [0.15, 0.2) is 0 Å². The van der Waals surface area contributed by atoms with E-state index in [2.05, 4.69) is 4.90 Å². The van der Waals surface area contributed by atoms with Crippen molar-refractivity contribution in [2.75, 3.05) is 26.7 Å². The van der Waals surface area contributed by atoms with E-state index < -0.39 is 5.60 Å². The van der Waals surface area contributed by atoms with Gasteiger partial charge < -0.3 is 14.7 Å². The normalized spacial score (nSPS) is 22.3. The lowest BCUT2D eigenvalue weighted by Crippen LogP contribution is -2.42. The molecule has 1 amide bonds. The molecule has 112 valence electrons. The van der Waals surface area contributed by atoms with E-state index in [4.69, 9.17) is 4.74 Å². The van der Waals surface area contributed by atoms with Crippen LogP contribution in [0.1, 0.15) is 40.5 Å². The van der Waals surface area contributed by atoms with E-state index in [0.29, 0.717) is 6.54 Å². The van der Waals surface area contributed by atoms with Crippen molar-refractivity contribution in [1.29, 1.82) is 0 Å². The first-order valence-electron chi connectivity index (χ1n) is 7.09. The van der Waals surface area contributed by atoms with Gasteiger partial charge in [-0.25, -0.2) is 4.79 Å². The fraction of sp³-hybridized carbons (Fsp3) is 0.929. The zero-order valence-corrected chi connectivity index (χ0v) is 12.8. The molecule has 1 fully saturated rings. The van der Waals surface area contributed by atoms with Crippen LogP contribution in [0, 0.1) is 0 Å². The van der Waals surface area contributed by atoms with Gasteiger partial charge >= 0.3 is 6.09 Å². The first kappa shape index (κ1) is 16.2. The summed E-state index contributed by atoms with van der Waals surface area (Å²) in [6, 6.07) is 0.180. The lowest BCUT2D eigenvalue weighted by atomic mass is 10.2. The van der Waals surface area contributed by atoms with Crippen LogP contribution < -0.4 is 0 Å². The quantitative estimate of drug-likeness (QED) is 0.846. The summed E-state index contributed by atoms with van der Waals surface area (Å²) in [5.41, 5.74) is -0.456. The zero-order chi connectivity index (χ0) is 14.6. The van der Waals surface area contributed by atoms with E-state index in [1.165, 1.54) is 0 Å². The molecule has 1 heterocycles. The number of hydrogen-bond acceptors (Lipinski definition) is 4. The Labute approximate surface area is 116 Å². The molecule has 1 aliphatic heterocycles. The fourth-order valence-electron chi connectivity index (χ4n) is 2.20. The Morgan fingerprint density at radius 1 is 1.53 bits per heavy atom. The summed E-state index contributed by atoms with van der Waals surface area (Å²) in [6.45, 7) is 10.0. The Balaban J connectivity index is 2.43. The summed E-state index contributed by atoms with van der Waals surface area (Å²) >= 11 is 0. The summed E-state index contributed by atoms with van der Waals surface area (Å²) in [5.74, 6) is 0. The summed E-state index contributed by atoms with van der Waals surface area (Å²) in [4.78, 5) is 15.9. The van der Waals surface area contributed by atoms with Crippen molar-refractivity contribution in [1.82, 2.24) is 9.80 Å². The standard InChI is InChI=1S/C14H28N2O3/c1-6-12(17)10-16-8-7-11(9-16)15(5)13(18)19-14(2,3)4/h11-12,17H,6-10H2,1-5H3/t11-,12+/m0/s1. The van der Waals surface area contributed by atoms with Gasteiger partial charge in [0, 0.05) is 32.7 Å². The topological polar surface area (TPSA) is 53.0 Å². The third-order valence-electron chi connectivity index (χ3n) is 3.42. The van der Waals surface area contributed by atoms with Gasteiger partial charge in [-0.1, -0.05) is 6.92 Å². The van der Waals surface area contributed by atoms with Gasteiger partial charge in [-0.3, -0.25) is 4.90 Å². The van der Waals surface area contributed by atoms with Crippen LogP contribution in [0.2, 0.25) is 0 Å². The lowest BCUT2D eigenvalue weighted by molar-refractivity contribution is 0.0225. The number of carbonyl (C=O) groups is 1. The number of likely N-dealkylation sites (N-methyl/N-ethyl adjacent to an activating group) is 1. The predicted octanol–water partition coefficient (Wildman–Crippen LogP) is 1.70. The van der Waals surface area contributed by atoms with Gasteiger partial charge in [0.2, 0.25) is 0 Å². The minimum absolute atomic E-state index is 0.180. The molecule has 0 bridgehead atoms. The number of rotatable bonds is 4. The van der Waals surface area contributed by atoms with Crippen molar-refractivity contribution in [2.24, 2.45) is 0 Å². The molecular weight excluding hydrogens is 244 g/mol. The maximum absolute atomic E-state index is 12.0. The summed E-state index contributed by atoms with van der Waals surface area (Å²) in [5, 5.41) is 9.66. The van der Waals surface area contributed by atoms with Gasteiger partial charge in [0.05, 0.1) is 6.10 Å². The average Bonchev–Trinajstić information content (AvgIpc) is 2.73. The van der Waals surface area contributed by atoms with Gasteiger partial charge in [0.1, 0.15) is 5.60 Å². The second kappa shape index (κ2) is 6.57. The van der Waals surface area contributed by atoms with Crippen LogP contribution in [0.3, 0.4) is 0 Å². The van der Waals surface area contributed by atoms with Crippen molar-refractivity contribution in [3.63, 3.8) is 0 Å². The van der Waals surface area contributed by atoms with Crippen LogP contribution in [-0.4, -0.2) is 65.4 Å². The van der Waals surface area contributed by atoms with E-state index in [1.54, 1.807) is 11.9 Å². The number of β-amino-alcohol motifs (C(OH)–C–C–N with tert-alkyl or cyclic N) is 1. The smallest absolute Gasteiger partial charge is 0.410 e. The van der Waals surface area contributed by atoms with Crippen molar-refractivity contribution in [3.05, 3.63) is 0 Å². The predicted molar refractivity (Wildman–Crippen MR) is 75.1 cm³/mol. The van der Waals surface area contributed by atoms with E-state index in [1.807, 2.05) is 27.7 Å². The minimum atomic E-state index is -0.456. The number of aliphatic hydroxyl groups excluding tert-OH is 1. The molecule has 2 atom stereocenters. The fourth-order valence-corrected chi connectivity index (χ4v) is 2.20. The number of hydrogen-bond donors (Lipinski definition) is 1. The SMILES string of the molecule is CC[C@@H](O)CN1CC[C@H](N(C)C(=O)OC(C)(C)C)C1. The highest BCUT2D eigenvalue weighted by Crippen LogP contribution is 2.18. The van der Waals surface area contributed by atoms with Crippen molar-refractivity contribution < 1.29 is 14.6 Å². The first-order chi connectivity index (χ1) is 8.73. The average molecular weight is 272 g/mol. The van der Waals surface area contributed by atoms with Crippen molar-refractivity contribution in [2.45, 2.75) is 58.3 Å². The molecule has 1 N–H and O–H groups in total. The highest BCUT2D eigenvalue weighted by molar-refractivity contribution is 5.68. The third-order valence-corrected chi connectivity index (χ3v) is 3.42. The van der Waals surface area contributed by atoms with Crippen molar-refractivity contribution >= 4 is 6.09 Å². The van der Waals surface area contributed by atoms with E-state index >= 15 is 0 Å². The van der Waals surface area contributed by atoms with E-state index in [9.17, 15) is 9.90 Å². The molecule has 0 unspecified atom stereocenters. The summed E-state index contributed by atoms with van der Waals surface area (Å²) in [6.07, 6.45) is 1.16. The second-order valence-electron chi connectivity index (χ2n) is 6.36. The Morgan fingerprint density at radius 3 is 2.68 bits per heavy atom. The molecule has 1 saturated heterocycles. The molecule has 1 aliphatic rings. The van der Waals surface area contributed by atoms with Crippen LogP contribution in [-0.2, 0) is 4.74 Å². The summed E-state index contributed by atoms with van der Waals surface area (Å²) in [7, 11) is 1.79. The van der Waals surface area contributed by atoms with Crippen LogP contribution >= 0.6 is 0 Å². The molecule has 5 nitrogen and oxygen atoms in total. The van der Waals surface area contributed by atoms with Gasteiger partial charge in [-0.2, -0.15) is 0 Å². The molecule has 0 saturated carbocycles. The second-order valence-corrected chi connectivity index (χ2v) is 6.36. The monoisotopic (exact) mass is 272 g/mol. The first-order valence-corrected chi connectivity index (χ1v) is 7.09. The van der Waals surface area contributed by atoms with Crippen LogP contribution in [0.5, 0.6) is 0 Å². The van der Waals surface area contributed by atoms with Gasteiger partial charge in [0.25, 0.3) is 0 Å². The van der Waals surface area contributed by atoms with Gasteiger partial charge in [-0.05, 0) is 33.6 Å². The van der Waals surface area contributed by atoms with Crippen LogP contribution in [0.4, 0.5) is 4.79 Å². The number of aliphatic hydroxyl groups is 1. The van der Waals surface area contributed by atoms with E-state index in [0.717, 1.165) is 25.9 Å². The Hall–Kier alpha value is -0.810. The molecule has 0 spiro atoms. The Morgan fingerprint density at radius 2 is 2.16 bits per heavy atom. The van der Waals surface area contributed by atoms with Crippen LogP contribution in [0.25, 0.3) is 0 Å². The molecule has 0 aromatic carbocycles. The Bertz CT molecular complexity index is 302. The molecular formula is C14H28N2O3. The third kappa shape index (κ3) is 5.37. The van der Waals surface area contributed by atoms with Crippen molar-refractivity contribution in [3.8, 4) is 0 Å². The number of carbonyl (C=O) groups excluding carboxylic acids is 1. The number of nitrogens with zero attached hydrogens (tertiary/aromatic N) is 2. The number of ether oxygens (including phenoxy) is 1. The number of likely N-dealkylation sites (tertiary alicyclic amines) is 1. The summed E-state index contributed by atoms with van der Waals surface area (Å²) < 4.78 is 5.37. The van der Waals surface area contributed by atoms with Gasteiger partial charge in [-0.15, -0.1) is 0 Å². The minimum Gasteiger partial charge on any atom is -0.444 e. The maximum Gasteiger partial charge on any atom is 0.410 e. The molecule has 0 aromatic rings. The molecule has 19 heavy (non-hydrogen) atoms. The number of amides is 1. The highest BCUT2D eigenvalue weighted by atomic mass is 16.6. The molecule has 0 radical (unpaired) electrons. The highest BCUT2D eigenvalue weighted by Gasteiger charge is 2.31. The molecule has 0 aliphatic carbocycles. The molecule has 0 aromatic heterocycles. The largest absolute Gasteiger partial charge is 0.444 e. The zero-order valence-electron chi connectivity index (χ0n) is 12.8. The molecule has 5 heteroatoms.